The minimum Gasteiger partial charge on any atom is -0.373 e. The van der Waals surface area contributed by atoms with Crippen LogP contribution in [0.4, 0.5) is 5.82 Å². The van der Waals surface area contributed by atoms with E-state index in [2.05, 4.69) is 10.3 Å². The van der Waals surface area contributed by atoms with Crippen molar-refractivity contribution < 1.29 is 13.2 Å². The molecular formula is C11H15N3O3S. The third-order valence-electron chi connectivity index (χ3n) is 2.90. The monoisotopic (exact) mass is 269 g/mol. The first-order valence-corrected chi connectivity index (χ1v) is 7.47. The molecule has 2 heterocycles. The fourth-order valence-corrected chi connectivity index (χ4v) is 2.97. The molecule has 0 aromatic carbocycles. The number of hydrogen-bond donors (Lipinski definition) is 1. The summed E-state index contributed by atoms with van der Waals surface area (Å²) in [6, 6.07) is 3.40. The average Bonchev–Trinajstić information content (AvgIpc) is 2.38. The number of hydrogen-bond acceptors (Lipinski definition) is 5. The van der Waals surface area contributed by atoms with Crippen LogP contribution in [0.1, 0.15) is 10.4 Å². The number of rotatable bonds is 2. The summed E-state index contributed by atoms with van der Waals surface area (Å²) in [5, 5.41) is 2.87. The van der Waals surface area contributed by atoms with E-state index >= 15 is 0 Å². The minimum atomic E-state index is -2.96. The van der Waals surface area contributed by atoms with Gasteiger partial charge in [-0.3, -0.25) is 4.79 Å². The van der Waals surface area contributed by atoms with Crippen LogP contribution >= 0.6 is 0 Å². The van der Waals surface area contributed by atoms with Gasteiger partial charge in [-0.25, -0.2) is 13.4 Å². The van der Waals surface area contributed by atoms with Gasteiger partial charge < -0.3 is 10.2 Å². The van der Waals surface area contributed by atoms with E-state index < -0.39 is 9.84 Å². The number of anilines is 1. The van der Waals surface area contributed by atoms with Gasteiger partial charge in [0.15, 0.2) is 9.84 Å². The second kappa shape index (κ2) is 4.93. The highest BCUT2D eigenvalue weighted by atomic mass is 32.2. The SMILES string of the molecule is CNc1ccc(C(=O)N2CCS(=O)(=O)CC2)cn1. The number of carbonyl (C=O) groups excluding carboxylic acids is 1. The smallest absolute Gasteiger partial charge is 0.255 e. The van der Waals surface area contributed by atoms with Gasteiger partial charge in [-0.15, -0.1) is 0 Å². The summed E-state index contributed by atoms with van der Waals surface area (Å²) >= 11 is 0. The second-order valence-electron chi connectivity index (χ2n) is 4.13. The topological polar surface area (TPSA) is 79.4 Å². The standard InChI is InChI=1S/C11H15N3O3S/c1-12-10-3-2-9(8-13-10)11(15)14-4-6-18(16,17)7-5-14/h2-3,8H,4-7H2,1H3,(H,12,13). The van der Waals surface area contributed by atoms with Crippen molar-refractivity contribution in [1.29, 1.82) is 0 Å². The van der Waals surface area contributed by atoms with E-state index in [1.54, 1.807) is 24.1 Å². The molecular weight excluding hydrogens is 254 g/mol. The molecule has 1 aliphatic heterocycles. The molecule has 0 bridgehead atoms. The van der Waals surface area contributed by atoms with Crippen LogP contribution in [0.3, 0.4) is 0 Å². The number of nitrogens with one attached hydrogen (secondary N) is 1. The Kier molecular flexibility index (Phi) is 3.51. The summed E-state index contributed by atoms with van der Waals surface area (Å²) in [5.41, 5.74) is 0.480. The molecule has 98 valence electrons. The fraction of sp³-hybridized carbons (Fsp3) is 0.455. The molecule has 0 atom stereocenters. The Morgan fingerprint density at radius 3 is 2.50 bits per heavy atom. The molecule has 1 aromatic rings. The highest BCUT2D eigenvalue weighted by Gasteiger charge is 2.25. The van der Waals surface area contributed by atoms with Gasteiger partial charge in [0.1, 0.15) is 5.82 Å². The first-order chi connectivity index (χ1) is 8.52. The number of pyridine rings is 1. The normalized spacial score (nSPS) is 18.4. The Labute approximate surface area is 106 Å². The molecule has 1 fully saturated rings. The zero-order valence-electron chi connectivity index (χ0n) is 10.1. The average molecular weight is 269 g/mol. The van der Waals surface area contributed by atoms with Crippen LogP contribution in [-0.2, 0) is 9.84 Å². The lowest BCUT2D eigenvalue weighted by Crippen LogP contribution is -2.43. The summed E-state index contributed by atoms with van der Waals surface area (Å²) < 4.78 is 22.6. The van der Waals surface area contributed by atoms with Crippen LogP contribution in [0, 0.1) is 0 Å². The predicted octanol–water partition coefficient (Wildman–Crippen LogP) is -0.00610. The lowest BCUT2D eigenvalue weighted by Gasteiger charge is -2.26. The van der Waals surface area contributed by atoms with Gasteiger partial charge in [0.2, 0.25) is 0 Å². The van der Waals surface area contributed by atoms with Crippen LogP contribution in [0.5, 0.6) is 0 Å². The molecule has 1 amide bonds. The van der Waals surface area contributed by atoms with Crippen LogP contribution in [0.25, 0.3) is 0 Å². The molecule has 0 saturated carbocycles. The third kappa shape index (κ3) is 2.79. The molecule has 18 heavy (non-hydrogen) atoms. The molecule has 0 spiro atoms. The van der Waals surface area contributed by atoms with Crippen molar-refractivity contribution in [3.63, 3.8) is 0 Å². The van der Waals surface area contributed by atoms with Crippen molar-refractivity contribution >= 4 is 21.6 Å². The van der Waals surface area contributed by atoms with Gasteiger partial charge in [0.25, 0.3) is 5.91 Å². The lowest BCUT2D eigenvalue weighted by molar-refractivity contribution is 0.0770. The lowest BCUT2D eigenvalue weighted by atomic mass is 10.2. The third-order valence-corrected chi connectivity index (χ3v) is 4.51. The maximum Gasteiger partial charge on any atom is 0.255 e. The van der Waals surface area contributed by atoms with Crippen molar-refractivity contribution in [2.45, 2.75) is 0 Å². The van der Waals surface area contributed by atoms with Crippen LogP contribution < -0.4 is 5.32 Å². The first kappa shape index (κ1) is 12.8. The van der Waals surface area contributed by atoms with E-state index in [4.69, 9.17) is 0 Å². The highest BCUT2D eigenvalue weighted by Crippen LogP contribution is 2.11. The van der Waals surface area contributed by atoms with E-state index in [-0.39, 0.29) is 30.5 Å². The summed E-state index contributed by atoms with van der Waals surface area (Å²) in [6.07, 6.45) is 1.50. The molecule has 6 nitrogen and oxygen atoms in total. The Morgan fingerprint density at radius 2 is 2.00 bits per heavy atom. The quantitative estimate of drug-likeness (QED) is 0.817. The van der Waals surface area contributed by atoms with Crippen molar-refractivity contribution in [1.82, 2.24) is 9.88 Å². The Morgan fingerprint density at radius 1 is 1.33 bits per heavy atom. The maximum atomic E-state index is 12.1. The second-order valence-corrected chi connectivity index (χ2v) is 6.43. The number of sulfone groups is 1. The maximum absolute atomic E-state index is 12.1. The number of amides is 1. The molecule has 1 N–H and O–H groups in total. The molecule has 7 heteroatoms. The van der Waals surface area contributed by atoms with Crippen LogP contribution in [-0.4, -0.2) is 55.9 Å². The zero-order chi connectivity index (χ0) is 13.2. The zero-order valence-corrected chi connectivity index (χ0v) is 10.9. The van der Waals surface area contributed by atoms with E-state index in [1.165, 1.54) is 6.20 Å². The molecule has 1 aliphatic rings. The number of nitrogens with zero attached hydrogens (tertiary/aromatic N) is 2. The Hall–Kier alpha value is -1.63. The fourth-order valence-electron chi connectivity index (χ4n) is 1.77. The van der Waals surface area contributed by atoms with Crippen molar-refractivity contribution in [3.8, 4) is 0 Å². The molecule has 0 aliphatic carbocycles. The van der Waals surface area contributed by atoms with E-state index in [0.29, 0.717) is 11.4 Å². The minimum absolute atomic E-state index is 0.0424. The summed E-state index contributed by atoms with van der Waals surface area (Å²) in [6.45, 7) is 0.518. The summed E-state index contributed by atoms with van der Waals surface area (Å²) in [7, 11) is -1.21. The molecule has 0 radical (unpaired) electrons. The van der Waals surface area contributed by atoms with Crippen LogP contribution in [0.15, 0.2) is 18.3 Å². The molecule has 1 aromatic heterocycles. The van der Waals surface area contributed by atoms with E-state index in [0.717, 1.165) is 0 Å². The summed E-state index contributed by atoms with van der Waals surface area (Å²) in [5.74, 6) is 0.606. The van der Waals surface area contributed by atoms with Crippen molar-refractivity contribution in [2.75, 3.05) is 37.0 Å². The van der Waals surface area contributed by atoms with Gasteiger partial charge in [-0.05, 0) is 12.1 Å². The Bertz CT molecular complexity index is 525. The van der Waals surface area contributed by atoms with Crippen molar-refractivity contribution in [2.24, 2.45) is 0 Å². The number of aromatic nitrogens is 1. The molecule has 2 rings (SSSR count). The van der Waals surface area contributed by atoms with Gasteiger partial charge in [0.05, 0.1) is 17.1 Å². The first-order valence-electron chi connectivity index (χ1n) is 5.65. The molecule has 0 unspecified atom stereocenters. The van der Waals surface area contributed by atoms with Crippen molar-refractivity contribution in [3.05, 3.63) is 23.9 Å². The van der Waals surface area contributed by atoms with Gasteiger partial charge >= 0.3 is 0 Å². The predicted molar refractivity (Wildman–Crippen MR) is 68.3 cm³/mol. The largest absolute Gasteiger partial charge is 0.373 e. The number of carbonyl (C=O) groups is 1. The van der Waals surface area contributed by atoms with Gasteiger partial charge in [0, 0.05) is 26.3 Å². The van der Waals surface area contributed by atoms with Crippen LogP contribution in [0.2, 0.25) is 0 Å². The van der Waals surface area contributed by atoms with Gasteiger partial charge in [-0.1, -0.05) is 0 Å². The van der Waals surface area contributed by atoms with E-state index in [1.807, 2.05) is 0 Å². The molecule has 1 saturated heterocycles. The van der Waals surface area contributed by atoms with Gasteiger partial charge in [-0.2, -0.15) is 0 Å². The van der Waals surface area contributed by atoms with E-state index in [9.17, 15) is 13.2 Å². The summed E-state index contributed by atoms with van der Waals surface area (Å²) in [4.78, 5) is 17.7. The Balaban J connectivity index is 2.07. The highest BCUT2D eigenvalue weighted by molar-refractivity contribution is 7.91.